The Morgan fingerprint density at radius 3 is 2.52 bits per heavy atom. The highest BCUT2D eigenvalue weighted by Gasteiger charge is 2.56. The first-order valence-electron chi connectivity index (χ1n) is 12.2. The van der Waals surface area contributed by atoms with Crippen molar-refractivity contribution in [2.45, 2.75) is 94.9 Å². The number of likely N-dealkylation sites (tertiary alicyclic amines) is 1. The predicted octanol–water partition coefficient (Wildman–Crippen LogP) is 3.49. The number of halogens is 3. The van der Waals surface area contributed by atoms with Crippen LogP contribution in [0.3, 0.4) is 0 Å². The van der Waals surface area contributed by atoms with Crippen LogP contribution in [-0.2, 0) is 4.79 Å². The molecule has 1 amide bonds. The minimum Gasteiger partial charge on any atom is -0.310 e. The van der Waals surface area contributed by atoms with Gasteiger partial charge in [0.25, 0.3) is 0 Å². The van der Waals surface area contributed by atoms with Crippen molar-refractivity contribution in [3.05, 3.63) is 0 Å². The molecule has 2 aliphatic carbocycles. The third-order valence-electron chi connectivity index (χ3n) is 8.84. The Labute approximate surface area is 182 Å². The number of alkyl halides is 3. The van der Waals surface area contributed by atoms with Gasteiger partial charge in [0.2, 0.25) is 11.8 Å². The summed E-state index contributed by atoms with van der Waals surface area (Å²) >= 11 is 0. The number of carbonyl (C=O) groups excluding carboxylic acids is 1. The molecule has 31 heavy (non-hydrogen) atoms. The molecule has 5 nitrogen and oxygen atoms in total. The molecule has 0 spiro atoms. The average molecular weight is 441 g/mol. The number of hydrogen-bond acceptors (Lipinski definition) is 4. The molecule has 2 saturated heterocycles. The van der Waals surface area contributed by atoms with E-state index >= 15 is 0 Å². The summed E-state index contributed by atoms with van der Waals surface area (Å²) in [5.74, 6) is -2.18. The Bertz CT molecular complexity index is 714. The molecular formula is C23H35F3N4O. The van der Waals surface area contributed by atoms with Gasteiger partial charge in [-0.3, -0.25) is 4.79 Å². The normalized spacial score (nSPS) is 41.9. The van der Waals surface area contributed by atoms with Gasteiger partial charge in [0.15, 0.2) is 0 Å². The van der Waals surface area contributed by atoms with Gasteiger partial charge in [0, 0.05) is 48.5 Å². The van der Waals surface area contributed by atoms with Crippen molar-refractivity contribution in [3.63, 3.8) is 0 Å². The van der Waals surface area contributed by atoms with Crippen molar-refractivity contribution in [1.82, 2.24) is 15.6 Å². The highest BCUT2D eigenvalue weighted by molar-refractivity contribution is 5.92. The fourth-order valence-electron chi connectivity index (χ4n) is 7.29. The molecule has 5 rings (SSSR count). The largest absolute Gasteiger partial charge is 0.310 e. The van der Waals surface area contributed by atoms with E-state index in [0.717, 1.165) is 38.1 Å². The van der Waals surface area contributed by atoms with Crippen molar-refractivity contribution in [2.75, 3.05) is 13.1 Å². The first kappa shape index (κ1) is 21.7. The molecule has 8 heteroatoms. The Balaban J connectivity index is 1.29. The molecule has 0 aromatic rings. The number of piperidine rings is 1. The standard InChI is InChI=1S/C23H35F3N4O/c1-2-17-20-19-16(22(31)29-28-17)11-14(24)12-18(19)27-21(20)13-5-9-30(10-6-13)15-3-7-23(25,26)8-4-15/h13-16,18-21,27H,2-12H2,1H3,(H,29,31). The van der Waals surface area contributed by atoms with Crippen LogP contribution >= 0.6 is 0 Å². The smallest absolute Gasteiger partial charge is 0.248 e. The van der Waals surface area contributed by atoms with Gasteiger partial charge in [-0.05, 0) is 69.9 Å². The minimum atomic E-state index is -2.48. The van der Waals surface area contributed by atoms with Crippen LogP contribution in [0.1, 0.15) is 64.7 Å². The van der Waals surface area contributed by atoms with Gasteiger partial charge in [-0.15, -0.1) is 0 Å². The lowest BCUT2D eigenvalue weighted by Crippen LogP contribution is -2.49. The third-order valence-corrected chi connectivity index (χ3v) is 8.84. The van der Waals surface area contributed by atoms with E-state index in [9.17, 15) is 18.0 Å². The van der Waals surface area contributed by atoms with E-state index in [4.69, 9.17) is 0 Å². The van der Waals surface area contributed by atoms with E-state index in [1.165, 1.54) is 0 Å². The van der Waals surface area contributed by atoms with Gasteiger partial charge >= 0.3 is 0 Å². The first-order valence-corrected chi connectivity index (χ1v) is 12.2. The molecule has 6 unspecified atom stereocenters. The second kappa shape index (κ2) is 8.32. The van der Waals surface area contributed by atoms with E-state index in [1.54, 1.807) is 0 Å². The van der Waals surface area contributed by atoms with Crippen LogP contribution in [0.2, 0.25) is 0 Å². The van der Waals surface area contributed by atoms with Crippen molar-refractivity contribution in [2.24, 2.45) is 28.8 Å². The Morgan fingerprint density at radius 2 is 1.84 bits per heavy atom. The Morgan fingerprint density at radius 1 is 1.13 bits per heavy atom. The molecule has 174 valence electrons. The van der Waals surface area contributed by atoms with Crippen LogP contribution in [0, 0.1) is 23.7 Å². The predicted molar refractivity (Wildman–Crippen MR) is 113 cm³/mol. The third kappa shape index (κ3) is 4.03. The van der Waals surface area contributed by atoms with Crippen LogP contribution in [-0.4, -0.2) is 59.8 Å². The van der Waals surface area contributed by atoms with Gasteiger partial charge in [0.1, 0.15) is 6.17 Å². The summed E-state index contributed by atoms with van der Waals surface area (Å²) in [5, 5.41) is 8.23. The van der Waals surface area contributed by atoms with Crippen LogP contribution in [0.15, 0.2) is 5.10 Å². The summed E-state index contributed by atoms with van der Waals surface area (Å²) in [4.78, 5) is 15.1. The van der Waals surface area contributed by atoms with Crippen LogP contribution in [0.5, 0.6) is 0 Å². The Hall–Kier alpha value is -1.15. The number of rotatable bonds is 3. The van der Waals surface area contributed by atoms with Crippen molar-refractivity contribution >= 4 is 11.6 Å². The van der Waals surface area contributed by atoms with E-state index in [-0.39, 0.29) is 54.6 Å². The van der Waals surface area contributed by atoms with Gasteiger partial charge in [-0.2, -0.15) is 5.10 Å². The molecule has 0 bridgehead atoms. The van der Waals surface area contributed by atoms with Crippen molar-refractivity contribution in [1.29, 1.82) is 0 Å². The van der Waals surface area contributed by atoms with E-state index in [1.807, 2.05) is 0 Å². The maximum Gasteiger partial charge on any atom is 0.248 e. The zero-order valence-corrected chi connectivity index (χ0v) is 18.3. The summed E-state index contributed by atoms with van der Waals surface area (Å²) in [6.07, 6.45) is 3.85. The summed E-state index contributed by atoms with van der Waals surface area (Å²) < 4.78 is 41.5. The van der Waals surface area contributed by atoms with E-state index < -0.39 is 12.1 Å². The molecule has 0 aromatic heterocycles. The molecule has 2 saturated carbocycles. The summed E-state index contributed by atoms with van der Waals surface area (Å²) in [7, 11) is 0. The maximum atomic E-state index is 14.5. The van der Waals surface area contributed by atoms with Gasteiger partial charge in [-0.25, -0.2) is 18.6 Å². The summed E-state index contributed by atoms with van der Waals surface area (Å²) in [5.41, 5.74) is 3.75. The molecule has 4 fully saturated rings. The molecule has 5 aliphatic rings. The second-order valence-electron chi connectivity index (χ2n) is 10.5. The summed E-state index contributed by atoms with van der Waals surface area (Å²) in [6, 6.07) is 0.527. The number of amides is 1. The molecule has 3 heterocycles. The highest BCUT2D eigenvalue weighted by Crippen LogP contribution is 2.47. The molecular weight excluding hydrogens is 405 g/mol. The summed E-state index contributed by atoms with van der Waals surface area (Å²) in [6.45, 7) is 3.95. The molecule has 0 aromatic carbocycles. The fourth-order valence-corrected chi connectivity index (χ4v) is 7.29. The molecule has 3 aliphatic heterocycles. The highest BCUT2D eigenvalue weighted by atomic mass is 19.3. The Kier molecular flexibility index (Phi) is 5.82. The van der Waals surface area contributed by atoms with Crippen molar-refractivity contribution in [3.8, 4) is 0 Å². The van der Waals surface area contributed by atoms with Gasteiger partial charge < -0.3 is 10.2 Å². The fraction of sp³-hybridized carbons (Fsp3) is 0.913. The number of nitrogens with zero attached hydrogens (tertiary/aromatic N) is 2. The number of nitrogens with one attached hydrogen (secondary N) is 2. The zero-order chi connectivity index (χ0) is 21.8. The lowest BCUT2D eigenvalue weighted by atomic mass is 9.67. The lowest BCUT2D eigenvalue weighted by molar-refractivity contribution is -0.128. The van der Waals surface area contributed by atoms with Crippen LogP contribution in [0.25, 0.3) is 0 Å². The topological polar surface area (TPSA) is 56.7 Å². The van der Waals surface area contributed by atoms with Gasteiger partial charge in [0.05, 0.1) is 0 Å². The van der Waals surface area contributed by atoms with Crippen LogP contribution < -0.4 is 10.7 Å². The quantitative estimate of drug-likeness (QED) is 0.706. The molecule has 2 N–H and O–H groups in total. The maximum absolute atomic E-state index is 14.5. The zero-order valence-electron chi connectivity index (χ0n) is 18.3. The minimum absolute atomic E-state index is 0.0103. The lowest BCUT2D eigenvalue weighted by Gasteiger charge is -2.43. The van der Waals surface area contributed by atoms with E-state index in [0.29, 0.717) is 31.6 Å². The van der Waals surface area contributed by atoms with Crippen LogP contribution in [0.4, 0.5) is 13.2 Å². The number of hydrazone groups is 1. The number of hydrogen-bond donors (Lipinski definition) is 2. The monoisotopic (exact) mass is 440 g/mol. The van der Waals surface area contributed by atoms with Crippen molar-refractivity contribution < 1.29 is 18.0 Å². The first-order chi connectivity index (χ1) is 14.9. The van der Waals surface area contributed by atoms with Gasteiger partial charge in [-0.1, -0.05) is 6.92 Å². The molecule has 0 radical (unpaired) electrons. The number of carbonyl (C=O) groups is 1. The van der Waals surface area contributed by atoms with E-state index in [2.05, 4.69) is 27.7 Å². The second-order valence-corrected chi connectivity index (χ2v) is 10.5. The SMILES string of the molecule is CCC1=NNC(=O)C2CC(F)CC3NC(C4CCN(C5CCC(F)(F)CC5)CC4)C1C32. The molecule has 6 atom stereocenters. The average Bonchev–Trinajstić information content (AvgIpc) is 3.06.